The number of rotatable bonds is 5. The van der Waals surface area contributed by atoms with Crippen LogP contribution in [0.2, 0.25) is 0 Å². The molecule has 6 N–H and O–H groups in total. The Bertz CT molecular complexity index is 1390. The first kappa shape index (κ1) is 30.7. The topological polar surface area (TPSA) is 171 Å². The summed E-state index contributed by atoms with van der Waals surface area (Å²) >= 11 is 0. The minimum absolute atomic E-state index is 0. The maximum absolute atomic E-state index is 12.5. The molecule has 3 aromatic rings. The standard InChI is InChI=1S/C28H31N3O6S.Na/c29-28(30)31-27-21-6-1-19(2-7-21)17-22(10-15-25(33)20-8-11-23(32)12-9-20)26(38(34,35)36)16-5-18-3-13-24(37-27)14-4-18;/h1-4,6-15,22,25-27,32-33H,5,16-17H2,(H4,29,30,31)(H,34,35,36);/q;+1/p-1/b15-10+;/t22-,25-,26-,27+;/m1./s1. The molecule has 0 saturated heterocycles. The van der Waals surface area contributed by atoms with Gasteiger partial charge in [0.05, 0.1) is 21.5 Å². The van der Waals surface area contributed by atoms with Crippen molar-refractivity contribution in [3.05, 3.63) is 107 Å². The fourth-order valence-electron chi connectivity index (χ4n) is 4.49. The summed E-state index contributed by atoms with van der Waals surface area (Å²) in [5, 5.41) is 18.9. The average molecular weight is 560 g/mol. The number of aromatic hydroxyl groups is 1. The van der Waals surface area contributed by atoms with E-state index in [2.05, 4.69) is 4.99 Å². The molecule has 11 heteroatoms. The van der Waals surface area contributed by atoms with Crippen molar-refractivity contribution in [3.63, 3.8) is 0 Å². The van der Waals surface area contributed by atoms with Gasteiger partial charge < -0.3 is 31.0 Å². The van der Waals surface area contributed by atoms with Crippen molar-refractivity contribution in [1.82, 2.24) is 0 Å². The van der Waals surface area contributed by atoms with Crippen LogP contribution in [-0.2, 0) is 23.0 Å². The zero-order chi connectivity index (χ0) is 27.3. The molecule has 200 valence electrons. The number of guanidine groups is 1. The van der Waals surface area contributed by atoms with Gasteiger partial charge in [-0.25, -0.2) is 13.4 Å². The van der Waals surface area contributed by atoms with E-state index < -0.39 is 33.6 Å². The van der Waals surface area contributed by atoms with Crippen molar-refractivity contribution in [1.29, 1.82) is 0 Å². The van der Waals surface area contributed by atoms with Crippen molar-refractivity contribution >= 4 is 16.1 Å². The van der Waals surface area contributed by atoms with Crippen LogP contribution < -0.4 is 45.8 Å². The van der Waals surface area contributed by atoms with Crippen LogP contribution in [0, 0.1) is 5.92 Å². The number of nitrogens with two attached hydrogens (primary N) is 2. The van der Waals surface area contributed by atoms with Gasteiger partial charge >= 0.3 is 29.6 Å². The summed E-state index contributed by atoms with van der Waals surface area (Å²) in [6.45, 7) is 0. The fourth-order valence-corrected chi connectivity index (χ4v) is 5.52. The molecule has 0 fully saturated rings. The molecule has 0 aromatic heterocycles. The van der Waals surface area contributed by atoms with Gasteiger partial charge in [-0.15, -0.1) is 0 Å². The van der Waals surface area contributed by atoms with E-state index in [4.69, 9.17) is 16.2 Å². The normalized spacial score (nSPS) is 20.3. The number of hydrogen-bond donors (Lipinski definition) is 4. The predicted molar refractivity (Wildman–Crippen MR) is 143 cm³/mol. The second kappa shape index (κ2) is 13.5. The number of allylic oxidation sites excluding steroid dienone is 1. The summed E-state index contributed by atoms with van der Waals surface area (Å²) in [5.41, 5.74) is 14.1. The second-order valence-corrected chi connectivity index (χ2v) is 10.9. The summed E-state index contributed by atoms with van der Waals surface area (Å²) in [6.07, 6.45) is 1.95. The molecule has 4 bridgehead atoms. The molecule has 39 heavy (non-hydrogen) atoms. The Morgan fingerprint density at radius 2 is 1.62 bits per heavy atom. The minimum atomic E-state index is -4.68. The van der Waals surface area contributed by atoms with E-state index in [0.717, 1.165) is 11.1 Å². The number of aryl methyl sites for hydroxylation is 1. The van der Waals surface area contributed by atoms with E-state index in [9.17, 15) is 23.2 Å². The third-order valence-corrected chi connectivity index (χ3v) is 7.84. The Morgan fingerprint density at radius 1 is 1.00 bits per heavy atom. The minimum Gasteiger partial charge on any atom is -0.748 e. The van der Waals surface area contributed by atoms with Gasteiger partial charge in [0.1, 0.15) is 11.5 Å². The Kier molecular flexibility index (Phi) is 10.6. The quantitative estimate of drug-likeness (QED) is 0.112. The number of aliphatic hydroxyl groups is 1. The number of phenolic OH excluding ortho intramolecular Hbond substituents is 1. The number of ether oxygens (including phenoxy) is 1. The van der Waals surface area contributed by atoms with Crippen molar-refractivity contribution in [3.8, 4) is 11.5 Å². The number of phenols is 1. The van der Waals surface area contributed by atoms with Crippen LogP contribution >= 0.6 is 0 Å². The first-order chi connectivity index (χ1) is 18.1. The molecule has 7 rings (SSSR count). The maximum Gasteiger partial charge on any atom is 1.00 e. The van der Waals surface area contributed by atoms with Gasteiger partial charge in [0.2, 0.25) is 6.23 Å². The van der Waals surface area contributed by atoms with Crippen molar-refractivity contribution in [2.45, 2.75) is 36.8 Å². The molecule has 0 unspecified atom stereocenters. The molecule has 4 aliphatic heterocycles. The van der Waals surface area contributed by atoms with Crippen LogP contribution in [0.1, 0.15) is 41.0 Å². The monoisotopic (exact) mass is 559 g/mol. The van der Waals surface area contributed by atoms with Gasteiger partial charge in [-0.1, -0.05) is 60.7 Å². The van der Waals surface area contributed by atoms with E-state index in [1.54, 1.807) is 54.6 Å². The molecular formula is C28H30N3NaO6S. The van der Waals surface area contributed by atoms with Crippen molar-refractivity contribution in [2.75, 3.05) is 0 Å². The first-order valence-corrected chi connectivity index (χ1v) is 13.6. The van der Waals surface area contributed by atoms with E-state index in [1.807, 2.05) is 12.1 Å². The smallest absolute Gasteiger partial charge is 0.748 e. The van der Waals surface area contributed by atoms with Gasteiger partial charge in [-0.2, -0.15) is 0 Å². The van der Waals surface area contributed by atoms with E-state index in [1.165, 1.54) is 18.2 Å². The zero-order valence-electron chi connectivity index (χ0n) is 21.6. The van der Waals surface area contributed by atoms with Crippen LogP contribution in [0.3, 0.4) is 0 Å². The van der Waals surface area contributed by atoms with Gasteiger partial charge in [0.15, 0.2) is 5.96 Å². The van der Waals surface area contributed by atoms with Crippen LogP contribution in [0.25, 0.3) is 0 Å². The number of hydrogen-bond acceptors (Lipinski definition) is 7. The number of aliphatic hydroxyl groups excluding tert-OH is 1. The Labute approximate surface area is 250 Å². The molecule has 3 aromatic carbocycles. The average Bonchev–Trinajstić information content (AvgIpc) is 2.88. The van der Waals surface area contributed by atoms with Crippen molar-refractivity contribution < 1.29 is 57.5 Å². The van der Waals surface area contributed by atoms with Crippen LogP contribution in [0.4, 0.5) is 0 Å². The summed E-state index contributed by atoms with van der Waals surface area (Å²) < 4.78 is 43.4. The summed E-state index contributed by atoms with van der Waals surface area (Å²) in [7, 11) is -4.68. The largest absolute Gasteiger partial charge is 1.00 e. The van der Waals surface area contributed by atoms with E-state index >= 15 is 0 Å². The molecule has 4 aliphatic rings. The zero-order valence-corrected chi connectivity index (χ0v) is 24.4. The molecule has 4 atom stereocenters. The summed E-state index contributed by atoms with van der Waals surface area (Å²) in [4.78, 5) is 4.19. The van der Waals surface area contributed by atoms with Gasteiger partial charge in [0.25, 0.3) is 0 Å². The fraction of sp³-hybridized carbons (Fsp3) is 0.250. The Morgan fingerprint density at radius 3 is 2.21 bits per heavy atom. The predicted octanol–water partition coefficient (Wildman–Crippen LogP) is 0.0557. The molecule has 0 spiro atoms. The second-order valence-electron chi connectivity index (χ2n) is 9.27. The molecule has 4 heterocycles. The third-order valence-electron chi connectivity index (χ3n) is 6.51. The van der Waals surface area contributed by atoms with Crippen LogP contribution in [0.15, 0.2) is 89.9 Å². The van der Waals surface area contributed by atoms with Gasteiger partial charge in [0, 0.05) is 5.56 Å². The van der Waals surface area contributed by atoms with Crippen LogP contribution in [0.5, 0.6) is 11.5 Å². The SMILES string of the molecule is NC(N)=N[C@H]1Oc2ccc(cc2)CC[C@@H](S(=O)(=O)[O-])[C@H](/C=C/[C@@H](O)c2ccc(O)cc2)Cc2ccc1cc2.[Na+]. The van der Waals surface area contributed by atoms with E-state index in [-0.39, 0.29) is 54.1 Å². The third kappa shape index (κ3) is 8.56. The Hall–Kier alpha value is -2.86. The number of benzene rings is 3. The Balaban J connectivity index is 0.00000420. The van der Waals surface area contributed by atoms with Gasteiger partial charge in [-0.3, -0.25) is 0 Å². The molecular weight excluding hydrogens is 529 g/mol. The van der Waals surface area contributed by atoms with Crippen molar-refractivity contribution in [2.24, 2.45) is 22.4 Å². The summed E-state index contributed by atoms with van der Waals surface area (Å²) in [6, 6.07) is 20.3. The molecule has 0 aliphatic carbocycles. The van der Waals surface area contributed by atoms with Crippen LogP contribution in [-0.4, -0.2) is 34.4 Å². The molecule has 0 saturated carbocycles. The maximum atomic E-state index is 12.5. The summed E-state index contributed by atoms with van der Waals surface area (Å²) in [5.74, 6) is -0.244. The van der Waals surface area contributed by atoms with E-state index in [0.29, 0.717) is 23.3 Å². The number of aliphatic imine (C=N–C) groups is 1. The van der Waals surface area contributed by atoms with Gasteiger partial charge in [-0.05, 0) is 66.1 Å². The first-order valence-electron chi connectivity index (χ1n) is 12.1. The molecule has 9 nitrogen and oxygen atoms in total. The molecule has 0 amide bonds. The number of nitrogens with zero attached hydrogens (tertiary/aromatic N) is 1. The molecule has 0 radical (unpaired) electrons.